The van der Waals surface area contributed by atoms with Crippen LogP contribution in [0.5, 0.6) is 5.75 Å². The van der Waals surface area contributed by atoms with Gasteiger partial charge in [-0.05, 0) is 31.9 Å². The van der Waals surface area contributed by atoms with E-state index in [9.17, 15) is 9.59 Å². The summed E-state index contributed by atoms with van der Waals surface area (Å²) in [6, 6.07) is 5.74. The van der Waals surface area contributed by atoms with Crippen molar-refractivity contribution in [1.82, 2.24) is 10.9 Å². The number of para-hydroxylation sites is 1. The monoisotopic (exact) mass is 280 g/mol. The Morgan fingerprint density at radius 2 is 1.60 bits per heavy atom. The largest absolute Gasteiger partial charge is 0.483 e. The van der Waals surface area contributed by atoms with Crippen LogP contribution in [-0.2, 0) is 14.3 Å². The van der Waals surface area contributed by atoms with E-state index in [2.05, 4.69) is 10.9 Å². The standard InChI is InChI=1S/C14H20N2O4/c1-4-19-8-12(17)15-16-13(18)9-20-14-10(2)6-5-7-11(14)3/h5-7H,4,8-9H2,1-3H3,(H,15,17)(H,16,18). The first-order valence-corrected chi connectivity index (χ1v) is 6.39. The Hall–Kier alpha value is -2.08. The van der Waals surface area contributed by atoms with Crippen LogP contribution in [0.2, 0.25) is 0 Å². The predicted molar refractivity (Wildman–Crippen MR) is 74.2 cm³/mol. The molecule has 1 rings (SSSR count). The van der Waals surface area contributed by atoms with Crippen molar-refractivity contribution in [3.05, 3.63) is 29.3 Å². The van der Waals surface area contributed by atoms with Crippen molar-refractivity contribution < 1.29 is 19.1 Å². The highest BCUT2D eigenvalue weighted by atomic mass is 16.5. The maximum Gasteiger partial charge on any atom is 0.276 e. The van der Waals surface area contributed by atoms with E-state index in [1.165, 1.54) is 0 Å². The van der Waals surface area contributed by atoms with Gasteiger partial charge in [-0.2, -0.15) is 0 Å². The molecule has 0 unspecified atom stereocenters. The third kappa shape index (κ3) is 5.27. The van der Waals surface area contributed by atoms with Gasteiger partial charge < -0.3 is 9.47 Å². The quantitative estimate of drug-likeness (QED) is 0.758. The average Bonchev–Trinajstić information content (AvgIpc) is 2.42. The Morgan fingerprint density at radius 1 is 1.05 bits per heavy atom. The summed E-state index contributed by atoms with van der Waals surface area (Å²) in [7, 11) is 0. The molecule has 0 saturated heterocycles. The van der Waals surface area contributed by atoms with Crippen LogP contribution in [0.3, 0.4) is 0 Å². The molecule has 0 saturated carbocycles. The summed E-state index contributed by atoms with van der Waals surface area (Å²) in [5, 5.41) is 0. The zero-order chi connectivity index (χ0) is 15.0. The molecule has 0 aliphatic rings. The van der Waals surface area contributed by atoms with Crippen molar-refractivity contribution in [2.75, 3.05) is 19.8 Å². The number of benzene rings is 1. The van der Waals surface area contributed by atoms with E-state index in [1.807, 2.05) is 32.0 Å². The molecule has 20 heavy (non-hydrogen) atoms. The molecule has 0 aliphatic heterocycles. The van der Waals surface area contributed by atoms with Gasteiger partial charge in [0.05, 0.1) is 0 Å². The van der Waals surface area contributed by atoms with Gasteiger partial charge in [0.2, 0.25) is 0 Å². The zero-order valence-corrected chi connectivity index (χ0v) is 12.0. The SMILES string of the molecule is CCOCC(=O)NNC(=O)COc1c(C)cccc1C. The van der Waals surface area contributed by atoms with Gasteiger partial charge in [0.1, 0.15) is 12.4 Å². The smallest absolute Gasteiger partial charge is 0.276 e. The molecule has 0 atom stereocenters. The lowest BCUT2D eigenvalue weighted by Crippen LogP contribution is -2.45. The average molecular weight is 280 g/mol. The number of aryl methyl sites for hydroxylation is 2. The van der Waals surface area contributed by atoms with E-state index in [1.54, 1.807) is 6.92 Å². The van der Waals surface area contributed by atoms with Crippen molar-refractivity contribution in [1.29, 1.82) is 0 Å². The predicted octanol–water partition coefficient (Wildman–Crippen LogP) is 0.866. The van der Waals surface area contributed by atoms with Gasteiger partial charge in [0, 0.05) is 6.61 Å². The summed E-state index contributed by atoms with van der Waals surface area (Å²) in [6.07, 6.45) is 0. The summed E-state index contributed by atoms with van der Waals surface area (Å²) in [6.45, 7) is 5.78. The number of amides is 2. The van der Waals surface area contributed by atoms with Crippen LogP contribution in [-0.4, -0.2) is 31.6 Å². The number of hydrogen-bond donors (Lipinski definition) is 2. The number of carbonyl (C=O) groups excluding carboxylic acids is 2. The van der Waals surface area contributed by atoms with Crippen molar-refractivity contribution in [2.45, 2.75) is 20.8 Å². The first-order chi connectivity index (χ1) is 9.54. The van der Waals surface area contributed by atoms with Crippen LogP contribution in [0.15, 0.2) is 18.2 Å². The molecule has 0 aromatic heterocycles. The van der Waals surface area contributed by atoms with Crippen LogP contribution >= 0.6 is 0 Å². The Kier molecular flexibility index (Phi) is 6.52. The summed E-state index contributed by atoms with van der Waals surface area (Å²) < 4.78 is 10.3. The molecular weight excluding hydrogens is 260 g/mol. The van der Waals surface area contributed by atoms with E-state index < -0.39 is 11.8 Å². The molecule has 6 nitrogen and oxygen atoms in total. The van der Waals surface area contributed by atoms with Gasteiger partial charge in [-0.1, -0.05) is 18.2 Å². The van der Waals surface area contributed by atoms with E-state index >= 15 is 0 Å². The van der Waals surface area contributed by atoms with Gasteiger partial charge in [-0.15, -0.1) is 0 Å². The van der Waals surface area contributed by atoms with E-state index in [4.69, 9.17) is 9.47 Å². The van der Waals surface area contributed by atoms with Crippen LogP contribution in [0.4, 0.5) is 0 Å². The molecule has 1 aromatic rings. The lowest BCUT2D eigenvalue weighted by atomic mass is 10.1. The molecule has 0 heterocycles. The Morgan fingerprint density at radius 3 is 2.15 bits per heavy atom. The zero-order valence-electron chi connectivity index (χ0n) is 12.0. The molecule has 1 aromatic carbocycles. The van der Waals surface area contributed by atoms with Crippen molar-refractivity contribution in [2.24, 2.45) is 0 Å². The summed E-state index contributed by atoms with van der Waals surface area (Å²) >= 11 is 0. The Balaban J connectivity index is 2.35. The molecule has 0 radical (unpaired) electrons. The summed E-state index contributed by atoms with van der Waals surface area (Å²) in [4.78, 5) is 22.7. The van der Waals surface area contributed by atoms with Crippen LogP contribution in [0, 0.1) is 13.8 Å². The van der Waals surface area contributed by atoms with Gasteiger partial charge in [0.25, 0.3) is 11.8 Å². The van der Waals surface area contributed by atoms with E-state index in [-0.39, 0.29) is 13.2 Å². The number of nitrogens with one attached hydrogen (secondary N) is 2. The lowest BCUT2D eigenvalue weighted by Gasteiger charge is -2.12. The van der Waals surface area contributed by atoms with Gasteiger partial charge in [-0.3, -0.25) is 20.4 Å². The minimum Gasteiger partial charge on any atom is -0.483 e. The third-order valence-electron chi connectivity index (χ3n) is 2.53. The fourth-order valence-electron chi connectivity index (χ4n) is 1.57. The molecule has 6 heteroatoms. The molecule has 0 bridgehead atoms. The summed E-state index contributed by atoms with van der Waals surface area (Å²) in [5.41, 5.74) is 6.41. The minimum atomic E-state index is -0.433. The number of rotatable bonds is 6. The third-order valence-corrected chi connectivity index (χ3v) is 2.53. The molecular formula is C14H20N2O4. The Labute approximate surface area is 118 Å². The van der Waals surface area contributed by atoms with Crippen LogP contribution < -0.4 is 15.6 Å². The molecule has 2 N–H and O–H groups in total. The van der Waals surface area contributed by atoms with E-state index in [0.29, 0.717) is 12.4 Å². The second-order valence-corrected chi connectivity index (χ2v) is 4.24. The normalized spacial score (nSPS) is 9.95. The molecule has 0 aliphatic carbocycles. The minimum absolute atomic E-state index is 0.0888. The van der Waals surface area contributed by atoms with Crippen LogP contribution in [0.25, 0.3) is 0 Å². The van der Waals surface area contributed by atoms with Gasteiger partial charge in [0.15, 0.2) is 6.61 Å². The molecule has 0 spiro atoms. The maximum absolute atomic E-state index is 11.5. The topological polar surface area (TPSA) is 76.7 Å². The molecule has 110 valence electrons. The van der Waals surface area contributed by atoms with Crippen molar-refractivity contribution in [3.63, 3.8) is 0 Å². The van der Waals surface area contributed by atoms with Gasteiger partial charge in [-0.25, -0.2) is 0 Å². The summed E-state index contributed by atoms with van der Waals surface area (Å²) in [5.74, 6) is -0.159. The molecule has 2 amide bonds. The first-order valence-electron chi connectivity index (χ1n) is 6.39. The second kappa shape index (κ2) is 8.16. The highest BCUT2D eigenvalue weighted by molar-refractivity contribution is 5.83. The maximum atomic E-state index is 11.5. The lowest BCUT2D eigenvalue weighted by molar-refractivity contribution is -0.132. The fourth-order valence-corrected chi connectivity index (χ4v) is 1.57. The van der Waals surface area contributed by atoms with Gasteiger partial charge >= 0.3 is 0 Å². The second-order valence-electron chi connectivity index (χ2n) is 4.24. The number of hydrogen-bond acceptors (Lipinski definition) is 4. The highest BCUT2D eigenvalue weighted by Gasteiger charge is 2.08. The highest BCUT2D eigenvalue weighted by Crippen LogP contribution is 2.21. The molecule has 0 fully saturated rings. The Bertz CT molecular complexity index is 454. The fraction of sp³-hybridized carbons (Fsp3) is 0.429. The van der Waals surface area contributed by atoms with Crippen molar-refractivity contribution in [3.8, 4) is 5.75 Å². The van der Waals surface area contributed by atoms with E-state index in [0.717, 1.165) is 11.1 Å². The number of ether oxygens (including phenoxy) is 2. The van der Waals surface area contributed by atoms with Crippen molar-refractivity contribution >= 4 is 11.8 Å². The number of hydrazine groups is 1. The first kappa shape index (κ1) is 16.0. The van der Waals surface area contributed by atoms with Crippen LogP contribution in [0.1, 0.15) is 18.1 Å². The number of carbonyl (C=O) groups is 2.